The molecule has 0 saturated carbocycles. The molecule has 2 atom stereocenters. The summed E-state index contributed by atoms with van der Waals surface area (Å²) in [5.41, 5.74) is 5.55. The summed E-state index contributed by atoms with van der Waals surface area (Å²) in [6.07, 6.45) is 1.00. The molecule has 2 amide bonds. The fourth-order valence-electron chi connectivity index (χ4n) is 1.22. The van der Waals surface area contributed by atoms with Gasteiger partial charge >= 0.3 is 0 Å². The van der Waals surface area contributed by atoms with Crippen LogP contribution in [0, 0.1) is 0 Å². The minimum Gasteiger partial charge on any atom is -0.345 e. The van der Waals surface area contributed by atoms with Gasteiger partial charge in [-0.25, -0.2) is 0 Å². The van der Waals surface area contributed by atoms with Gasteiger partial charge in [0.2, 0.25) is 11.8 Å². The molecule has 0 bridgehead atoms. The van der Waals surface area contributed by atoms with Crippen LogP contribution in [0.3, 0.4) is 0 Å². The van der Waals surface area contributed by atoms with Crippen molar-refractivity contribution in [2.45, 2.75) is 45.7 Å². The smallest absolute Gasteiger partial charge is 0.244 e. The van der Waals surface area contributed by atoms with Crippen molar-refractivity contribution < 1.29 is 9.59 Å². The number of carbonyl (C=O) groups is 2. The lowest BCUT2D eigenvalue weighted by atomic mass is 10.2. The predicted octanol–water partition coefficient (Wildman–Crippen LogP) is 0.0968. The van der Waals surface area contributed by atoms with E-state index in [1.165, 1.54) is 0 Å². The molecule has 0 aromatic carbocycles. The molecular formula is C11H23N3O2. The molecule has 2 unspecified atom stereocenters. The second-order valence-electron chi connectivity index (χ2n) is 4.16. The lowest BCUT2D eigenvalue weighted by Gasteiger charge is -2.20. The molecule has 0 saturated heterocycles. The number of nitrogens with one attached hydrogen (secondary N) is 1. The first-order valence-corrected chi connectivity index (χ1v) is 5.68. The molecule has 0 radical (unpaired) electrons. The molecule has 0 aliphatic heterocycles. The molecule has 16 heavy (non-hydrogen) atoms. The molecule has 0 aliphatic rings. The molecule has 0 spiro atoms. The van der Waals surface area contributed by atoms with Gasteiger partial charge in [-0.2, -0.15) is 0 Å². The number of amides is 2. The number of nitrogens with zero attached hydrogens (tertiary/aromatic N) is 1. The van der Waals surface area contributed by atoms with E-state index in [1.807, 2.05) is 13.8 Å². The Hall–Kier alpha value is -1.10. The van der Waals surface area contributed by atoms with Gasteiger partial charge < -0.3 is 16.0 Å². The highest BCUT2D eigenvalue weighted by Gasteiger charge is 2.18. The predicted molar refractivity (Wildman–Crippen MR) is 63.8 cm³/mol. The zero-order valence-electron chi connectivity index (χ0n) is 10.6. The van der Waals surface area contributed by atoms with Gasteiger partial charge in [0.05, 0.1) is 0 Å². The second kappa shape index (κ2) is 7.22. The standard InChI is InChI=1S/C11H23N3O2/c1-5-14(4)11(16)9(3)13-10(15)7-6-8(2)12/h8-9H,5-7,12H2,1-4H3,(H,13,15). The van der Waals surface area contributed by atoms with Crippen LogP contribution >= 0.6 is 0 Å². The molecule has 0 aromatic heterocycles. The molecular weight excluding hydrogens is 206 g/mol. The molecule has 0 heterocycles. The van der Waals surface area contributed by atoms with E-state index in [0.29, 0.717) is 19.4 Å². The summed E-state index contributed by atoms with van der Waals surface area (Å²) in [6, 6.07) is -0.458. The van der Waals surface area contributed by atoms with E-state index in [2.05, 4.69) is 5.32 Å². The van der Waals surface area contributed by atoms with Crippen LogP contribution < -0.4 is 11.1 Å². The van der Waals surface area contributed by atoms with Crippen LogP contribution in [0.5, 0.6) is 0 Å². The molecule has 94 valence electrons. The van der Waals surface area contributed by atoms with Gasteiger partial charge in [-0.1, -0.05) is 0 Å². The van der Waals surface area contributed by atoms with Crippen molar-refractivity contribution in [3.05, 3.63) is 0 Å². The Labute approximate surface area is 97.4 Å². The van der Waals surface area contributed by atoms with Crippen molar-refractivity contribution in [2.75, 3.05) is 13.6 Å². The van der Waals surface area contributed by atoms with Crippen LogP contribution in [0.2, 0.25) is 0 Å². The first-order valence-electron chi connectivity index (χ1n) is 5.68. The summed E-state index contributed by atoms with van der Waals surface area (Å²) in [7, 11) is 1.72. The maximum atomic E-state index is 11.6. The Kier molecular flexibility index (Phi) is 6.72. The van der Waals surface area contributed by atoms with Crippen molar-refractivity contribution in [2.24, 2.45) is 5.73 Å². The van der Waals surface area contributed by atoms with Crippen LogP contribution in [0.4, 0.5) is 0 Å². The van der Waals surface area contributed by atoms with Crippen molar-refractivity contribution >= 4 is 11.8 Å². The van der Waals surface area contributed by atoms with Crippen molar-refractivity contribution in [1.82, 2.24) is 10.2 Å². The third-order valence-corrected chi connectivity index (χ3v) is 2.43. The third-order valence-electron chi connectivity index (χ3n) is 2.43. The molecule has 0 fully saturated rings. The summed E-state index contributed by atoms with van der Waals surface area (Å²) in [4.78, 5) is 24.6. The number of likely N-dealkylation sites (N-methyl/N-ethyl adjacent to an activating group) is 1. The Bertz CT molecular complexity index is 241. The van der Waals surface area contributed by atoms with Gasteiger partial charge in [-0.15, -0.1) is 0 Å². The SMILES string of the molecule is CCN(C)C(=O)C(C)NC(=O)CCC(C)N. The number of nitrogens with two attached hydrogens (primary N) is 1. The van der Waals surface area contributed by atoms with Crippen LogP contribution in [0.25, 0.3) is 0 Å². The van der Waals surface area contributed by atoms with Gasteiger partial charge in [0.1, 0.15) is 6.04 Å². The van der Waals surface area contributed by atoms with Crippen molar-refractivity contribution in [1.29, 1.82) is 0 Å². The maximum absolute atomic E-state index is 11.6. The van der Waals surface area contributed by atoms with E-state index < -0.39 is 6.04 Å². The highest BCUT2D eigenvalue weighted by molar-refractivity contribution is 5.87. The van der Waals surface area contributed by atoms with E-state index in [4.69, 9.17) is 5.73 Å². The normalized spacial score (nSPS) is 14.1. The van der Waals surface area contributed by atoms with E-state index in [-0.39, 0.29) is 17.9 Å². The van der Waals surface area contributed by atoms with E-state index in [1.54, 1.807) is 18.9 Å². The number of hydrogen-bond donors (Lipinski definition) is 2. The second-order valence-corrected chi connectivity index (χ2v) is 4.16. The van der Waals surface area contributed by atoms with Crippen LogP contribution in [0.1, 0.15) is 33.6 Å². The average Bonchev–Trinajstić information content (AvgIpc) is 2.24. The van der Waals surface area contributed by atoms with Crippen LogP contribution in [-0.4, -0.2) is 42.4 Å². The zero-order chi connectivity index (χ0) is 12.7. The average molecular weight is 229 g/mol. The largest absolute Gasteiger partial charge is 0.345 e. The van der Waals surface area contributed by atoms with Gasteiger partial charge in [-0.05, 0) is 27.2 Å². The number of carbonyl (C=O) groups excluding carboxylic acids is 2. The van der Waals surface area contributed by atoms with Crippen molar-refractivity contribution in [3.8, 4) is 0 Å². The summed E-state index contributed by atoms with van der Waals surface area (Å²) in [5, 5.41) is 2.66. The number of rotatable bonds is 6. The summed E-state index contributed by atoms with van der Waals surface area (Å²) in [5.74, 6) is -0.195. The third kappa shape index (κ3) is 5.70. The Morgan fingerprint density at radius 3 is 2.38 bits per heavy atom. The van der Waals surface area contributed by atoms with Gasteiger partial charge in [-0.3, -0.25) is 9.59 Å². The molecule has 0 aromatic rings. The fourth-order valence-corrected chi connectivity index (χ4v) is 1.22. The Morgan fingerprint density at radius 1 is 1.38 bits per heavy atom. The zero-order valence-corrected chi connectivity index (χ0v) is 10.6. The first-order chi connectivity index (χ1) is 7.38. The topological polar surface area (TPSA) is 75.4 Å². The van der Waals surface area contributed by atoms with Crippen molar-refractivity contribution in [3.63, 3.8) is 0 Å². The molecule has 0 aliphatic carbocycles. The highest BCUT2D eigenvalue weighted by atomic mass is 16.2. The quantitative estimate of drug-likeness (QED) is 0.678. The van der Waals surface area contributed by atoms with Gasteiger partial charge in [0, 0.05) is 26.1 Å². The van der Waals surface area contributed by atoms with E-state index >= 15 is 0 Å². The summed E-state index contributed by atoms with van der Waals surface area (Å²) < 4.78 is 0. The number of hydrogen-bond acceptors (Lipinski definition) is 3. The molecule has 0 rings (SSSR count). The van der Waals surface area contributed by atoms with Crippen LogP contribution in [0.15, 0.2) is 0 Å². The molecule has 5 nitrogen and oxygen atoms in total. The molecule has 5 heteroatoms. The minimum absolute atomic E-state index is 0.00933. The fraction of sp³-hybridized carbons (Fsp3) is 0.818. The van der Waals surface area contributed by atoms with Gasteiger partial charge in [0.25, 0.3) is 0 Å². The monoisotopic (exact) mass is 229 g/mol. The summed E-state index contributed by atoms with van der Waals surface area (Å²) in [6.45, 7) is 6.08. The Balaban J connectivity index is 3.99. The van der Waals surface area contributed by atoms with Gasteiger partial charge in [0.15, 0.2) is 0 Å². The first kappa shape index (κ1) is 14.9. The van der Waals surface area contributed by atoms with E-state index in [0.717, 1.165) is 0 Å². The molecule has 3 N–H and O–H groups in total. The Morgan fingerprint density at radius 2 is 1.94 bits per heavy atom. The lowest BCUT2D eigenvalue weighted by molar-refractivity contribution is -0.134. The summed E-state index contributed by atoms with van der Waals surface area (Å²) >= 11 is 0. The highest BCUT2D eigenvalue weighted by Crippen LogP contribution is 1.96. The maximum Gasteiger partial charge on any atom is 0.244 e. The van der Waals surface area contributed by atoms with E-state index in [9.17, 15) is 9.59 Å². The minimum atomic E-state index is -0.467. The van der Waals surface area contributed by atoms with Crippen LogP contribution in [-0.2, 0) is 9.59 Å². The lowest BCUT2D eigenvalue weighted by Crippen LogP contribution is -2.45.